The predicted octanol–water partition coefficient (Wildman–Crippen LogP) is 1.90. The van der Waals surface area contributed by atoms with Crippen molar-refractivity contribution >= 4 is 5.82 Å². The molecule has 0 atom stereocenters. The van der Waals surface area contributed by atoms with Crippen LogP contribution in [0.25, 0.3) is 5.69 Å². The normalized spacial score (nSPS) is 15.7. The Balaban J connectivity index is 1.91. The first-order valence-electron chi connectivity index (χ1n) is 8.04. The van der Waals surface area contributed by atoms with Gasteiger partial charge in [0.25, 0.3) is 0 Å². The van der Waals surface area contributed by atoms with E-state index in [4.69, 9.17) is 0 Å². The molecule has 1 aromatic heterocycles. The van der Waals surface area contributed by atoms with E-state index in [9.17, 15) is 5.26 Å². The number of hydrogen-bond donors (Lipinski definition) is 0. The van der Waals surface area contributed by atoms with E-state index >= 15 is 0 Å². The van der Waals surface area contributed by atoms with Gasteiger partial charge in [0.2, 0.25) is 5.69 Å². The van der Waals surface area contributed by atoms with Crippen LogP contribution in [-0.2, 0) is 0 Å². The number of nitrogens with zero attached hydrogens (tertiary/aromatic N) is 6. The van der Waals surface area contributed by atoms with E-state index in [1.807, 2.05) is 19.1 Å². The summed E-state index contributed by atoms with van der Waals surface area (Å²) in [6, 6.07) is 8.33. The molecule has 3 rings (SSSR count). The van der Waals surface area contributed by atoms with Gasteiger partial charge in [0, 0.05) is 26.2 Å². The fourth-order valence-electron chi connectivity index (χ4n) is 3.00. The van der Waals surface area contributed by atoms with Gasteiger partial charge in [-0.2, -0.15) is 5.26 Å². The molecule has 6 nitrogen and oxygen atoms in total. The summed E-state index contributed by atoms with van der Waals surface area (Å²) < 4.78 is 0. The molecular weight excluding hydrogens is 288 g/mol. The Kier molecular flexibility index (Phi) is 4.30. The zero-order valence-electron chi connectivity index (χ0n) is 14.0. The number of anilines is 1. The van der Waals surface area contributed by atoms with Crippen molar-refractivity contribution < 1.29 is 0 Å². The number of rotatable bonds is 3. The second kappa shape index (κ2) is 6.39. The summed E-state index contributed by atoms with van der Waals surface area (Å²) in [4.78, 5) is 6.16. The highest BCUT2D eigenvalue weighted by atomic mass is 15.5. The maximum Gasteiger partial charge on any atom is 0.207 e. The molecule has 6 heteroatoms. The van der Waals surface area contributed by atoms with Gasteiger partial charge < -0.3 is 9.80 Å². The Morgan fingerprint density at radius 2 is 1.87 bits per heavy atom. The third-order valence-corrected chi connectivity index (χ3v) is 4.39. The van der Waals surface area contributed by atoms with Crippen molar-refractivity contribution in [3.63, 3.8) is 0 Å². The largest absolute Gasteiger partial charge is 0.350 e. The Hall–Kier alpha value is -2.39. The van der Waals surface area contributed by atoms with Gasteiger partial charge in [-0.1, -0.05) is 24.6 Å². The molecular formula is C17H22N6. The van der Waals surface area contributed by atoms with E-state index in [-0.39, 0.29) is 0 Å². The molecule has 2 heterocycles. The zero-order valence-corrected chi connectivity index (χ0v) is 14.0. The van der Waals surface area contributed by atoms with E-state index < -0.39 is 0 Å². The molecule has 0 spiro atoms. The Bertz CT molecular complexity index is 734. The molecule has 1 fully saturated rings. The average molecular weight is 310 g/mol. The van der Waals surface area contributed by atoms with Gasteiger partial charge in [-0.25, -0.2) is 0 Å². The molecule has 0 bridgehead atoms. The molecule has 0 unspecified atom stereocenters. The summed E-state index contributed by atoms with van der Waals surface area (Å²) in [5.74, 6) is 0.697. The molecule has 1 saturated heterocycles. The molecule has 2 aromatic rings. The first-order valence-corrected chi connectivity index (χ1v) is 8.04. The lowest BCUT2D eigenvalue weighted by molar-refractivity contribution is 0.270. The van der Waals surface area contributed by atoms with E-state index in [0.717, 1.165) is 44.0 Å². The molecule has 23 heavy (non-hydrogen) atoms. The van der Waals surface area contributed by atoms with Crippen LogP contribution in [0.1, 0.15) is 23.7 Å². The van der Waals surface area contributed by atoms with Crippen LogP contribution in [0.4, 0.5) is 5.82 Å². The molecule has 0 amide bonds. The zero-order chi connectivity index (χ0) is 16.4. The van der Waals surface area contributed by atoms with Crippen molar-refractivity contribution in [2.75, 3.05) is 37.6 Å². The molecule has 1 aromatic carbocycles. The van der Waals surface area contributed by atoms with E-state index in [1.54, 1.807) is 4.80 Å². The van der Waals surface area contributed by atoms with Crippen LogP contribution < -0.4 is 4.90 Å². The summed E-state index contributed by atoms with van der Waals surface area (Å²) >= 11 is 0. The molecule has 0 aliphatic carbocycles. The maximum absolute atomic E-state index is 9.42. The van der Waals surface area contributed by atoms with Crippen LogP contribution >= 0.6 is 0 Å². The lowest BCUT2D eigenvalue weighted by atomic mass is 10.1. The van der Waals surface area contributed by atoms with Crippen molar-refractivity contribution in [2.24, 2.45) is 0 Å². The van der Waals surface area contributed by atoms with E-state index in [1.165, 1.54) is 5.56 Å². The highest BCUT2D eigenvalue weighted by Gasteiger charge is 2.23. The fourth-order valence-corrected chi connectivity index (χ4v) is 3.00. The average Bonchev–Trinajstić information content (AvgIpc) is 2.99. The monoisotopic (exact) mass is 310 g/mol. The fraction of sp³-hybridized carbons (Fsp3) is 0.471. The Morgan fingerprint density at radius 3 is 2.48 bits per heavy atom. The van der Waals surface area contributed by atoms with Crippen LogP contribution in [-0.4, -0.2) is 52.6 Å². The standard InChI is InChI=1S/C17H22N6/c1-4-21-7-9-22(10-8-21)17-15(12-18)19-23(20-17)16-6-5-13(2)11-14(16)3/h5-6,11H,4,7-10H2,1-3H3. The molecule has 1 aliphatic rings. The maximum atomic E-state index is 9.42. The van der Waals surface area contributed by atoms with Crippen molar-refractivity contribution in [3.05, 3.63) is 35.0 Å². The quantitative estimate of drug-likeness (QED) is 0.866. The SMILES string of the molecule is CCN1CCN(c2nn(-c3ccc(C)cc3C)nc2C#N)CC1. The summed E-state index contributed by atoms with van der Waals surface area (Å²) in [6.07, 6.45) is 0. The smallest absolute Gasteiger partial charge is 0.207 e. The summed E-state index contributed by atoms with van der Waals surface area (Å²) in [5, 5.41) is 18.4. The van der Waals surface area contributed by atoms with Crippen molar-refractivity contribution in [1.29, 1.82) is 5.26 Å². The number of piperazine rings is 1. The third-order valence-electron chi connectivity index (χ3n) is 4.39. The van der Waals surface area contributed by atoms with Gasteiger partial charge in [0.15, 0.2) is 5.82 Å². The molecule has 0 radical (unpaired) electrons. The van der Waals surface area contributed by atoms with Gasteiger partial charge in [-0.05, 0) is 32.0 Å². The summed E-state index contributed by atoms with van der Waals surface area (Å²) in [7, 11) is 0. The van der Waals surface area contributed by atoms with Gasteiger partial charge in [-0.3, -0.25) is 0 Å². The van der Waals surface area contributed by atoms with Crippen LogP contribution in [0.5, 0.6) is 0 Å². The highest BCUT2D eigenvalue weighted by molar-refractivity contribution is 5.51. The van der Waals surface area contributed by atoms with Gasteiger partial charge in [0.05, 0.1) is 5.69 Å². The van der Waals surface area contributed by atoms with Crippen molar-refractivity contribution in [2.45, 2.75) is 20.8 Å². The van der Waals surface area contributed by atoms with E-state index in [2.05, 4.69) is 46.0 Å². The molecule has 120 valence electrons. The molecule has 1 aliphatic heterocycles. The Labute approximate surface area is 136 Å². The molecule has 0 N–H and O–H groups in total. The predicted molar refractivity (Wildman–Crippen MR) is 89.9 cm³/mol. The number of aryl methyl sites for hydroxylation is 2. The summed E-state index contributed by atoms with van der Waals surface area (Å²) in [5.41, 5.74) is 3.63. The number of hydrogen-bond acceptors (Lipinski definition) is 5. The molecule has 0 saturated carbocycles. The lowest BCUT2D eigenvalue weighted by Gasteiger charge is -2.33. The van der Waals surface area contributed by atoms with Crippen LogP contribution in [0.3, 0.4) is 0 Å². The van der Waals surface area contributed by atoms with Crippen molar-refractivity contribution in [1.82, 2.24) is 19.9 Å². The second-order valence-corrected chi connectivity index (χ2v) is 5.98. The number of benzene rings is 1. The van der Waals surface area contributed by atoms with Gasteiger partial charge in [0.1, 0.15) is 6.07 Å². The van der Waals surface area contributed by atoms with Gasteiger partial charge >= 0.3 is 0 Å². The van der Waals surface area contributed by atoms with Gasteiger partial charge in [-0.15, -0.1) is 15.0 Å². The van der Waals surface area contributed by atoms with Crippen LogP contribution in [0, 0.1) is 25.2 Å². The first-order chi connectivity index (χ1) is 11.1. The summed E-state index contributed by atoms with van der Waals surface area (Å²) in [6.45, 7) is 11.1. The van der Waals surface area contributed by atoms with Crippen molar-refractivity contribution in [3.8, 4) is 11.8 Å². The Morgan fingerprint density at radius 1 is 1.13 bits per heavy atom. The number of nitriles is 1. The minimum absolute atomic E-state index is 0.398. The first kappa shape index (κ1) is 15.5. The third kappa shape index (κ3) is 3.06. The van der Waals surface area contributed by atoms with Crippen LogP contribution in [0.15, 0.2) is 18.2 Å². The number of likely N-dealkylation sites (N-methyl/N-ethyl adjacent to an activating group) is 1. The topological polar surface area (TPSA) is 61.0 Å². The lowest BCUT2D eigenvalue weighted by Crippen LogP contribution is -2.46. The highest BCUT2D eigenvalue weighted by Crippen LogP contribution is 2.21. The number of aromatic nitrogens is 3. The minimum Gasteiger partial charge on any atom is -0.350 e. The minimum atomic E-state index is 0.398. The second-order valence-electron chi connectivity index (χ2n) is 5.98. The van der Waals surface area contributed by atoms with Crippen LogP contribution in [0.2, 0.25) is 0 Å². The van der Waals surface area contributed by atoms with E-state index in [0.29, 0.717) is 11.5 Å².